The quantitative estimate of drug-likeness (QED) is 0.627. The fourth-order valence-corrected chi connectivity index (χ4v) is 3.95. The molecule has 1 aliphatic heterocycles. The number of carbonyl (C=O) groups excluding carboxylic acids is 1. The molecule has 1 aliphatic rings. The van der Waals surface area contributed by atoms with E-state index in [0.717, 1.165) is 29.1 Å². The van der Waals surface area contributed by atoms with E-state index >= 15 is 0 Å². The van der Waals surface area contributed by atoms with Gasteiger partial charge in [0, 0.05) is 17.4 Å². The molecule has 0 unspecified atom stereocenters. The molecule has 0 saturated carbocycles. The van der Waals surface area contributed by atoms with Crippen molar-refractivity contribution in [3.8, 4) is 11.5 Å². The molecule has 4 rings (SSSR count). The van der Waals surface area contributed by atoms with Crippen LogP contribution in [0.3, 0.4) is 0 Å². The lowest BCUT2D eigenvalue weighted by Gasteiger charge is -2.40. The maximum Gasteiger partial charge on any atom is 0.265 e. The summed E-state index contributed by atoms with van der Waals surface area (Å²) in [7, 11) is 1.62. The standard InChI is InChI=1S/C25H26N2O3/c1-18-16-23(26-19-8-4-3-5-9-19)22-10-6-7-11-24(22)27(18)25(28)17-30-21-14-12-20(29-2)13-15-21/h3-15,18,23,26H,16-17H2,1-2H3/t18-,23+/m0/s1. The molecule has 3 aromatic rings. The van der Waals surface area contributed by atoms with Crippen molar-refractivity contribution < 1.29 is 14.3 Å². The molecule has 0 fully saturated rings. The predicted molar refractivity (Wildman–Crippen MR) is 119 cm³/mol. The van der Waals surface area contributed by atoms with Crippen molar-refractivity contribution in [3.05, 3.63) is 84.4 Å². The normalized spacial score (nSPS) is 17.7. The number of fused-ring (bicyclic) bond motifs is 1. The number of hydrogen-bond donors (Lipinski definition) is 1. The Bertz CT molecular complexity index is 989. The molecule has 1 heterocycles. The number of amides is 1. The first-order chi connectivity index (χ1) is 14.7. The summed E-state index contributed by atoms with van der Waals surface area (Å²) in [5, 5.41) is 3.61. The number of hydrogen-bond acceptors (Lipinski definition) is 4. The van der Waals surface area contributed by atoms with Crippen LogP contribution in [0.1, 0.15) is 24.9 Å². The van der Waals surface area contributed by atoms with E-state index in [1.807, 2.05) is 53.4 Å². The Labute approximate surface area is 177 Å². The molecular weight excluding hydrogens is 376 g/mol. The SMILES string of the molecule is COc1ccc(OCC(=O)N2c3ccccc3[C@H](Nc3ccccc3)C[C@@H]2C)cc1. The first-order valence-electron chi connectivity index (χ1n) is 10.1. The third-order valence-electron chi connectivity index (χ3n) is 5.39. The maximum absolute atomic E-state index is 13.1. The second kappa shape index (κ2) is 8.91. The first-order valence-corrected chi connectivity index (χ1v) is 10.1. The zero-order valence-electron chi connectivity index (χ0n) is 17.2. The minimum Gasteiger partial charge on any atom is -0.497 e. The van der Waals surface area contributed by atoms with Gasteiger partial charge in [0.25, 0.3) is 5.91 Å². The van der Waals surface area contributed by atoms with E-state index in [2.05, 4.69) is 30.4 Å². The molecule has 1 amide bonds. The second-order valence-electron chi connectivity index (χ2n) is 7.43. The van der Waals surface area contributed by atoms with Crippen LogP contribution in [-0.2, 0) is 4.79 Å². The van der Waals surface area contributed by atoms with Gasteiger partial charge in [-0.3, -0.25) is 4.79 Å². The Morgan fingerprint density at radius 1 is 0.967 bits per heavy atom. The van der Waals surface area contributed by atoms with Crippen LogP contribution in [-0.4, -0.2) is 25.7 Å². The van der Waals surface area contributed by atoms with Crippen LogP contribution < -0.4 is 19.7 Å². The minimum atomic E-state index is -0.0519. The number of ether oxygens (including phenoxy) is 2. The van der Waals surface area contributed by atoms with Gasteiger partial charge in [0.1, 0.15) is 11.5 Å². The Morgan fingerprint density at radius 3 is 2.37 bits per heavy atom. The predicted octanol–water partition coefficient (Wildman–Crippen LogP) is 5.05. The third-order valence-corrected chi connectivity index (χ3v) is 5.39. The zero-order chi connectivity index (χ0) is 20.9. The van der Waals surface area contributed by atoms with Gasteiger partial charge in [-0.1, -0.05) is 36.4 Å². The fourth-order valence-electron chi connectivity index (χ4n) is 3.95. The summed E-state index contributed by atoms with van der Waals surface area (Å²) < 4.78 is 10.9. The molecule has 0 radical (unpaired) electrons. The van der Waals surface area contributed by atoms with Gasteiger partial charge in [0.05, 0.1) is 13.2 Å². The van der Waals surface area contributed by atoms with Gasteiger partial charge in [0.15, 0.2) is 6.61 Å². The molecule has 154 valence electrons. The molecule has 0 bridgehead atoms. The minimum absolute atomic E-state index is 0.0121. The Hall–Kier alpha value is -3.47. The van der Waals surface area contributed by atoms with Crippen molar-refractivity contribution in [1.29, 1.82) is 0 Å². The molecular formula is C25H26N2O3. The molecule has 0 saturated heterocycles. The van der Waals surface area contributed by atoms with E-state index in [0.29, 0.717) is 5.75 Å². The lowest BCUT2D eigenvalue weighted by atomic mass is 9.91. The van der Waals surface area contributed by atoms with E-state index in [1.165, 1.54) is 0 Å². The van der Waals surface area contributed by atoms with Gasteiger partial charge in [-0.2, -0.15) is 0 Å². The number of methoxy groups -OCH3 is 1. The largest absolute Gasteiger partial charge is 0.497 e. The summed E-state index contributed by atoms with van der Waals surface area (Å²) in [5.41, 5.74) is 3.14. The van der Waals surface area contributed by atoms with E-state index in [1.54, 1.807) is 19.2 Å². The van der Waals surface area contributed by atoms with E-state index in [-0.39, 0.29) is 24.6 Å². The van der Waals surface area contributed by atoms with Crippen molar-refractivity contribution >= 4 is 17.3 Å². The van der Waals surface area contributed by atoms with Gasteiger partial charge >= 0.3 is 0 Å². The summed E-state index contributed by atoms with van der Waals surface area (Å²) in [5.74, 6) is 1.35. The molecule has 0 spiro atoms. The average Bonchev–Trinajstić information content (AvgIpc) is 2.78. The second-order valence-corrected chi connectivity index (χ2v) is 7.43. The first kappa shape index (κ1) is 19.8. The molecule has 5 heteroatoms. The summed E-state index contributed by atoms with van der Waals surface area (Å²) in [6.45, 7) is 2.07. The van der Waals surface area contributed by atoms with Crippen molar-refractivity contribution in [2.24, 2.45) is 0 Å². The number of para-hydroxylation sites is 2. The number of anilines is 2. The topological polar surface area (TPSA) is 50.8 Å². The van der Waals surface area contributed by atoms with Crippen molar-refractivity contribution in [1.82, 2.24) is 0 Å². The number of carbonyl (C=O) groups is 1. The zero-order valence-corrected chi connectivity index (χ0v) is 17.2. The highest BCUT2D eigenvalue weighted by Gasteiger charge is 2.33. The van der Waals surface area contributed by atoms with Crippen LogP contribution in [0.2, 0.25) is 0 Å². The molecule has 2 atom stereocenters. The van der Waals surface area contributed by atoms with Crippen LogP contribution in [0.15, 0.2) is 78.9 Å². The summed E-state index contributed by atoms with van der Waals surface area (Å²) in [6.07, 6.45) is 0.820. The monoisotopic (exact) mass is 402 g/mol. The fraction of sp³-hybridized carbons (Fsp3) is 0.240. The summed E-state index contributed by atoms with van der Waals surface area (Å²) in [6, 6.07) is 25.7. The van der Waals surface area contributed by atoms with Gasteiger partial charge in [-0.05, 0) is 61.4 Å². The van der Waals surface area contributed by atoms with Gasteiger partial charge < -0.3 is 19.7 Å². The number of benzene rings is 3. The van der Waals surface area contributed by atoms with Crippen LogP contribution in [0.4, 0.5) is 11.4 Å². The number of nitrogens with zero attached hydrogens (tertiary/aromatic N) is 1. The summed E-state index contributed by atoms with van der Waals surface area (Å²) in [4.78, 5) is 15.0. The lowest BCUT2D eigenvalue weighted by molar-refractivity contribution is -0.121. The Balaban J connectivity index is 1.50. The lowest BCUT2D eigenvalue weighted by Crippen LogP contribution is -2.46. The van der Waals surface area contributed by atoms with Crippen LogP contribution >= 0.6 is 0 Å². The van der Waals surface area contributed by atoms with E-state index in [4.69, 9.17) is 9.47 Å². The van der Waals surface area contributed by atoms with Gasteiger partial charge in [0.2, 0.25) is 0 Å². The van der Waals surface area contributed by atoms with Crippen LogP contribution in [0, 0.1) is 0 Å². The van der Waals surface area contributed by atoms with Crippen LogP contribution in [0.25, 0.3) is 0 Å². The number of rotatable bonds is 6. The smallest absolute Gasteiger partial charge is 0.265 e. The highest BCUT2D eigenvalue weighted by atomic mass is 16.5. The highest BCUT2D eigenvalue weighted by Crippen LogP contribution is 2.38. The Kier molecular flexibility index (Phi) is 5.89. The van der Waals surface area contributed by atoms with E-state index in [9.17, 15) is 4.79 Å². The molecule has 1 N–H and O–H groups in total. The van der Waals surface area contributed by atoms with Gasteiger partial charge in [-0.15, -0.1) is 0 Å². The number of nitrogens with one attached hydrogen (secondary N) is 1. The maximum atomic E-state index is 13.1. The van der Waals surface area contributed by atoms with Crippen molar-refractivity contribution in [3.63, 3.8) is 0 Å². The third kappa shape index (κ3) is 4.25. The molecule has 0 aromatic heterocycles. The van der Waals surface area contributed by atoms with Crippen molar-refractivity contribution in [2.75, 3.05) is 23.9 Å². The average molecular weight is 402 g/mol. The highest BCUT2D eigenvalue weighted by molar-refractivity contribution is 5.96. The van der Waals surface area contributed by atoms with Crippen molar-refractivity contribution in [2.45, 2.75) is 25.4 Å². The summed E-state index contributed by atoms with van der Waals surface area (Å²) >= 11 is 0. The molecule has 3 aromatic carbocycles. The molecule has 0 aliphatic carbocycles. The van der Waals surface area contributed by atoms with Gasteiger partial charge in [-0.25, -0.2) is 0 Å². The van der Waals surface area contributed by atoms with E-state index < -0.39 is 0 Å². The Morgan fingerprint density at radius 2 is 1.63 bits per heavy atom. The molecule has 5 nitrogen and oxygen atoms in total. The van der Waals surface area contributed by atoms with Crippen LogP contribution in [0.5, 0.6) is 11.5 Å². The molecule has 30 heavy (non-hydrogen) atoms.